The van der Waals surface area contributed by atoms with Gasteiger partial charge in [0.1, 0.15) is 5.69 Å². The fraction of sp³-hybridized carbons (Fsp3) is 0.250. The molecule has 0 aliphatic rings. The van der Waals surface area contributed by atoms with E-state index in [1.807, 2.05) is 24.3 Å². The maximum absolute atomic E-state index is 12.6. The fourth-order valence-electron chi connectivity index (χ4n) is 2.01. The molecule has 0 aliphatic heterocycles. The monoisotopic (exact) mass is 366 g/mol. The Balaban J connectivity index is 1.67. The van der Waals surface area contributed by atoms with E-state index in [0.29, 0.717) is 11.7 Å². The maximum Gasteiger partial charge on any atom is 0.433 e. The fourth-order valence-corrected chi connectivity index (χ4v) is 2.68. The number of aryl methyl sites for hydroxylation is 1. The van der Waals surface area contributed by atoms with Crippen molar-refractivity contribution in [3.63, 3.8) is 0 Å². The molecule has 0 bridgehead atoms. The van der Waals surface area contributed by atoms with E-state index in [0.717, 1.165) is 36.0 Å². The molecule has 0 N–H and O–H groups in total. The van der Waals surface area contributed by atoms with Gasteiger partial charge in [-0.2, -0.15) is 18.2 Å². The topological polar surface area (TPSA) is 64.7 Å². The van der Waals surface area contributed by atoms with Crippen molar-refractivity contribution in [1.29, 1.82) is 0 Å². The molecule has 9 heteroatoms. The predicted molar refractivity (Wildman–Crippen MR) is 85.7 cm³/mol. The lowest BCUT2D eigenvalue weighted by molar-refractivity contribution is -0.141. The number of alkyl halides is 3. The lowest BCUT2D eigenvalue weighted by Gasteiger charge is -2.05. The summed E-state index contributed by atoms with van der Waals surface area (Å²) in [6.07, 6.45) is -2.49. The third kappa shape index (κ3) is 4.36. The molecule has 2 heterocycles. The summed E-state index contributed by atoms with van der Waals surface area (Å²) in [6, 6.07) is 8.59. The molecule has 0 atom stereocenters. The van der Waals surface area contributed by atoms with Crippen LogP contribution in [0, 0.1) is 0 Å². The van der Waals surface area contributed by atoms with Crippen molar-refractivity contribution < 1.29 is 17.7 Å². The number of rotatable bonds is 5. The number of benzene rings is 1. The van der Waals surface area contributed by atoms with Crippen molar-refractivity contribution >= 4 is 11.8 Å². The van der Waals surface area contributed by atoms with Crippen LogP contribution in [0.25, 0.3) is 11.4 Å². The molecule has 0 aliphatic carbocycles. The Labute approximate surface area is 145 Å². The van der Waals surface area contributed by atoms with Crippen LogP contribution in [0.5, 0.6) is 0 Å². The van der Waals surface area contributed by atoms with E-state index in [1.165, 1.54) is 5.56 Å². The Morgan fingerprint density at radius 3 is 2.52 bits per heavy atom. The van der Waals surface area contributed by atoms with Crippen LogP contribution >= 0.6 is 11.8 Å². The van der Waals surface area contributed by atoms with Crippen molar-refractivity contribution in [3.8, 4) is 11.4 Å². The van der Waals surface area contributed by atoms with Gasteiger partial charge in [0.25, 0.3) is 0 Å². The third-order valence-corrected chi connectivity index (χ3v) is 4.18. The van der Waals surface area contributed by atoms with E-state index in [4.69, 9.17) is 4.52 Å². The van der Waals surface area contributed by atoms with Crippen LogP contribution in [0.3, 0.4) is 0 Å². The summed E-state index contributed by atoms with van der Waals surface area (Å²) < 4.78 is 43.0. The minimum absolute atomic E-state index is 0.00173. The summed E-state index contributed by atoms with van der Waals surface area (Å²) in [5, 5.41) is 3.89. The molecule has 0 amide bonds. The maximum atomic E-state index is 12.6. The van der Waals surface area contributed by atoms with Gasteiger partial charge in [-0.3, -0.25) is 0 Å². The molecule has 0 unspecified atom stereocenters. The van der Waals surface area contributed by atoms with Crippen molar-refractivity contribution in [1.82, 2.24) is 20.1 Å². The van der Waals surface area contributed by atoms with Crippen LogP contribution in [0.4, 0.5) is 13.2 Å². The Morgan fingerprint density at radius 2 is 1.84 bits per heavy atom. The van der Waals surface area contributed by atoms with Crippen molar-refractivity contribution in [3.05, 3.63) is 53.7 Å². The number of halogens is 3. The summed E-state index contributed by atoms with van der Waals surface area (Å²) in [6.45, 7) is 2.06. The van der Waals surface area contributed by atoms with Crippen LogP contribution in [0.15, 0.2) is 46.2 Å². The zero-order chi connectivity index (χ0) is 17.9. The van der Waals surface area contributed by atoms with Gasteiger partial charge < -0.3 is 4.52 Å². The predicted octanol–water partition coefficient (Wildman–Crippen LogP) is 4.40. The lowest BCUT2D eigenvalue weighted by Crippen LogP contribution is -2.08. The molecule has 0 radical (unpaired) electrons. The highest BCUT2D eigenvalue weighted by atomic mass is 32.2. The second-order valence-corrected chi connectivity index (χ2v) is 6.02. The standard InChI is InChI=1S/C16H13F3N4OS/c1-2-10-3-5-11(6-4-10)14-22-13(24-23-14)9-25-15-20-8-7-12(21-15)16(17,18)19/h3-8H,2,9H2,1H3. The second-order valence-electron chi connectivity index (χ2n) is 5.07. The van der Waals surface area contributed by atoms with E-state index >= 15 is 0 Å². The Morgan fingerprint density at radius 1 is 1.08 bits per heavy atom. The zero-order valence-corrected chi connectivity index (χ0v) is 13.9. The molecule has 3 aromatic rings. The second kappa shape index (κ2) is 7.22. The average Bonchev–Trinajstić information content (AvgIpc) is 3.08. The quantitative estimate of drug-likeness (QED) is 0.493. The van der Waals surface area contributed by atoms with Crippen LogP contribution in [-0.2, 0) is 18.3 Å². The zero-order valence-electron chi connectivity index (χ0n) is 13.1. The molecule has 25 heavy (non-hydrogen) atoms. The number of thioether (sulfide) groups is 1. The molecule has 2 aromatic heterocycles. The molecule has 3 rings (SSSR count). The Hall–Kier alpha value is -2.42. The van der Waals surface area contributed by atoms with E-state index in [1.54, 1.807) is 0 Å². The van der Waals surface area contributed by atoms with Crippen molar-refractivity contribution in [2.24, 2.45) is 0 Å². The SMILES string of the molecule is CCc1ccc(-c2noc(CSc3nccc(C(F)(F)F)n3)n2)cc1. The molecule has 1 aromatic carbocycles. The van der Waals surface area contributed by atoms with Gasteiger partial charge in [0.15, 0.2) is 5.16 Å². The highest BCUT2D eigenvalue weighted by Gasteiger charge is 2.32. The molecule has 0 fully saturated rings. The van der Waals surface area contributed by atoms with Gasteiger partial charge in [0, 0.05) is 11.8 Å². The summed E-state index contributed by atoms with van der Waals surface area (Å²) >= 11 is 1.000. The number of hydrogen-bond acceptors (Lipinski definition) is 6. The van der Waals surface area contributed by atoms with Gasteiger partial charge in [-0.1, -0.05) is 48.1 Å². The minimum Gasteiger partial charge on any atom is -0.338 e. The van der Waals surface area contributed by atoms with E-state index in [9.17, 15) is 13.2 Å². The number of aromatic nitrogens is 4. The summed E-state index contributed by atoms with van der Waals surface area (Å²) in [7, 11) is 0. The molecule has 5 nitrogen and oxygen atoms in total. The van der Waals surface area contributed by atoms with Crippen LogP contribution in [-0.4, -0.2) is 20.1 Å². The molecule has 0 saturated heterocycles. The van der Waals surface area contributed by atoms with Crippen molar-refractivity contribution in [2.75, 3.05) is 0 Å². The molecular weight excluding hydrogens is 353 g/mol. The lowest BCUT2D eigenvalue weighted by atomic mass is 10.1. The number of hydrogen-bond donors (Lipinski definition) is 0. The Kier molecular flexibility index (Phi) is 5.03. The number of nitrogens with zero attached hydrogens (tertiary/aromatic N) is 4. The Bertz CT molecular complexity index is 849. The van der Waals surface area contributed by atoms with E-state index < -0.39 is 11.9 Å². The van der Waals surface area contributed by atoms with Gasteiger partial charge >= 0.3 is 6.18 Å². The summed E-state index contributed by atoms with van der Waals surface area (Å²) in [5.74, 6) is 0.908. The van der Waals surface area contributed by atoms with E-state index in [2.05, 4.69) is 27.0 Å². The first-order valence-electron chi connectivity index (χ1n) is 7.40. The van der Waals surface area contributed by atoms with Crippen molar-refractivity contribution in [2.45, 2.75) is 30.4 Å². The first kappa shape index (κ1) is 17.4. The first-order chi connectivity index (χ1) is 12.0. The van der Waals surface area contributed by atoms with Crippen LogP contribution in [0.1, 0.15) is 24.1 Å². The highest BCUT2D eigenvalue weighted by Crippen LogP contribution is 2.29. The van der Waals surface area contributed by atoms with Crippen LogP contribution < -0.4 is 0 Å². The molecular formula is C16H13F3N4OS. The van der Waals surface area contributed by atoms with Gasteiger partial charge in [-0.15, -0.1) is 0 Å². The van der Waals surface area contributed by atoms with Gasteiger partial charge in [-0.25, -0.2) is 9.97 Å². The highest BCUT2D eigenvalue weighted by molar-refractivity contribution is 7.98. The van der Waals surface area contributed by atoms with Gasteiger partial charge in [0.2, 0.25) is 11.7 Å². The summed E-state index contributed by atoms with van der Waals surface area (Å²) in [4.78, 5) is 11.5. The van der Waals surface area contributed by atoms with E-state index in [-0.39, 0.29) is 10.9 Å². The molecule has 0 saturated carbocycles. The van der Waals surface area contributed by atoms with Gasteiger partial charge in [0.05, 0.1) is 5.75 Å². The minimum atomic E-state index is -4.50. The van der Waals surface area contributed by atoms with Gasteiger partial charge in [-0.05, 0) is 18.1 Å². The average molecular weight is 366 g/mol. The molecule has 0 spiro atoms. The van der Waals surface area contributed by atoms with Crippen LogP contribution in [0.2, 0.25) is 0 Å². The largest absolute Gasteiger partial charge is 0.433 e. The third-order valence-electron chi connectivity index (χ3n) is 3.34. The molecule has 130 valence electrons. The smallest absolute Gasteiger partial charge is 0.338 e. The first-order valence-corrected chi connectivity index (χ1v) is 8.39. The summed E-state index contributed by atoms with van der Waals surface area (Å²) in [5.41, 5.74) is 1.03. The normalized spacial score (nSPS) is 11.7.